The van der Waals surface area contributed by atoms with E-state index < -0.39 is 29.1 Å². The molecule has 1 aromatic rings. The van der Waals surface area contributed by atoms with Crippen LogP contribution >= 0.6 is 12.6 Å². The highest BCUT2D eigenvalue weighted by Crippen LogP contribution is 2.43. The van der Waals surface area contributed by atoms with Gasteiger partial charge in [-0.05, 0) is 25.7 Å². The molecule has 32 heavy (non-hydrogen) atoms. The minimum atomic E-state index is -4.45. The van der Waals surface area contributed by atoms with Crippen LogP contribution in [0.25, 0.3) is 5.57 Å². The molecule has 1 fully saturated rings. The van der Waals surface area contributed by atoms with Crippen LogP contribution in [0.2, 0.25) is 0 Å². The lowest BCUT2D eigenvalue weighted by Crippen LogP contribution is -2.48. The SMILES string of the molecule is CC[C@]1(C(=O)O)CCCCC1Nc1ncc(S)c(C2=CNC3=NC=C(C(F)(F)F)CC23)n1. The molecule has 1 aliphatic carbocycles. The zero-order valence-corrected chi connectivity index (χ0v) is 18.3. The van der Waals surface area contributed by atoms with Crippen molar-refractivity contribution in [2.75, 3.05) is 5.32 Å². The van der Waals surface area contributed by atoms with Crippen molar-refractivity contribution in [3.05, 3.63) is 29.9 Å². The number of alkyl halides is 3. The Bertz CT molecular complexity index is 1020. The summed E-state index contributed by atoms with van der Waals surface area (Å²) in [5, 5.41) is 16.0. The first-order chi connectivity index (χ1) is 15.2. The van der Waals surface area contributed by atoms with Gasteiger partial charge in [0.15, 0.2) is 0 Å². The van der Waals surface area contributed by atoms with Crippen LogP contribution in [0.15, 0.2) is 34.1 Å². The number of allylic oxidation sites excluding steroid dienone is 1. The van der Waals surface area contributed by atoms with E-state index in [4.69, 9.17) is 0 Å². The molecule has 7 nitrogen and oxygen atoms in total. The second-order valence-electron chi connectivity index (χ2n) is 8.35. The van der Waals surface area contributed by atoms with Gasteiger partial charge in [-0.1, -0.05) is 19.8 Å². The number of hydrogen-bond donors (Lipinski definition) is 4. The van der Waals surface area contributed by atoms with Crippen molar-refractivity contribution in [1.82, 2.24) is 15.3 Å². The van der Waals surface area contributed by atoms with Crippen LogP contribution in [0.4, 0.5) is 19.1 Å². The van der Waals surface area contributed by atoms with Gasteiger partial charge < -0.3 is 15.7 Å². The van der Waals surface area contributed by atoms with Gasteiger partial charge in [0.05, 0.1) is 16.7 Å². The predicted molar refractivity (Wildman–Crippen MR) is 116 cm³/mol. The maximum Gasteiger partial charge on any atom is 0.414 e. The Kier molecular flexibility index (Phi) is 5.95. The van der Waals surface area contributed by atoms with Gasteiger partial charge in [-0.15, -0.1) is 12.6 Å². The summed E-state index contributed by atoms with van der Waals surface area (Å²) < 4.78 is 39.7. The molecule has 3 aliphatic rings. The van der Waals surface area contributed by atoms with Gasteiger partial charge in [0.1, 0.15) is 5.84 Å². The number of aromatic nitrogens is 2. The Morgan fingerprint density at radius 1 is 1.41 bits per heavy atom. The van der Waals surface area contributed by atoms with Gasteiger partial charge in [-0.3, -0.25) is 4.79 Å². The summed E-state index contributed by atoms with van der Waals surface area (Å²) >= 11 is 4.41. The van der Waals surface area contributed by atoms with Crippen molar-refractivity contribution in [1.29, 1.82) is 0 Å². The van der Waals surface area contributed by atoms with E-state index in [1.165, 1.54) is 6.20 Å². The second-order valence-corrected chi connectivity index (χ2v) is 8.83. The zero-order valence-electron chi connectivity index (χ0n) is 17.4. The van der Waals surface area contributed by atoms with Crippen molar-refractivity contribution in [3.63, 3.8) is 0 Å². The van der Waals surface area contributed by atoms with Crippen LogP contribution in [-0.2, 0) is 4.79 Å². The fourth-order valence-corrected chi connectivity index (χ4v) is 5.01. The van der Waals surface area contributed by atoms with Gasteiger partial charge in [-0.2, -0.15) is 13.2 Å². The molecule has 1 saturated carbocycles. The molecule has 0 amide bonds. The molecule has 11 heteroatoms. The smallest absolute Gasteiger partial charge is 0.414 e. The highest BCUT2D eigenvalue weighted by Gasteiger charge is 2.46. The first kappa shape index (κ1) is 22.6. The Morgan fingerprint density at radius 2 is 2.19 bits per heavy atom. The van der Waals surface area contributed by atoms with Crippen LogP contribution in [0.5, 0.6) is 0 Å². The first-order valence-electron chi connectivity index (χ1n) is 10.5. The number of nitrogens with one attached hydrogen (secondary N) is 2. The van der Waals surface area contributed by atoms with Crippen LogP contribution < -0.4 is 10.6 Å². The quantitative estimate of drug-likeness (QED) is 0.479. The standard InChI is InChI=1S/C21H24F3N5O2S/c1-2-20(18(30)31)6-4-3-5-15(20)28-19-27-10-14(32)16(29-19)13-9-26-17-12(13)7-11(8-25-17)21(22,23)24/h8-10,12,15,32H,2-7H2,1H3,(H,25,26)(H,30,31)(H,27,28,29)/t12?,15?,20-/m0/s1. The number of carboxylic acid groups (broad SMARTS) is 1. The first-order valence-corrected chi connectivity index (χ1v) is 11.0. The number of fused-ring (bicyclic) bond motifs is 1. The Balaban J connectivity index is 1.61. The molecule has 2 unspecified atom stereocenters. The maximum atomic E-state index is 13.2. The molecule has 0 spiro atoms. The van der Waals surface area contributed by atoms with Gasteiger partial charge in [0.2, 0.25) is 5.95 Å². The summed E-state index contributed by atoms with van der Waals surface area (Å²) in [6, 6.07) is -0.348. The van der Waals surface area contributed by atoms with Crippen LogP contribution in [0.1, 0.15) is 51.1 Å². The molecule has 0 bridgehead atoms. The number of thiol groups is 1. The van der Waals surface area contributed by atoms with Gasteiger partial charge >= 0.3 is 12.1 Å². The van der Waals surface area contributed by atoms with E-state index in [0.29, 0.717) is 41.3 Å². The number of halogens is 3. The van der Waals surface area contributed by atoms with Crippen molar-refractivity contribution < 1.29 is 23.1 Å². The van der Waals surface area contributed by atoms with Crippen LogP contribution in [0, 0.1) is 11.3 Å². The number of rotatable bonds is 5. The third kappa shape index (κ3) is 3.98. The average molecular weight is 468 g/mol. The number of carbonyl (C=O) groups is 1. The highest BCUT2D eigenvalue weighted by molar-refractivity contribution is 7.80. The molecule has 0 radical (unpaired) electrons. The van der Waals surface area contributed by atoms with Crippen molar-refractivity contribution in [3.8, 4) is 0 Å². The number of anilines is 1. The summed E-state index contributed by atoms with van der Waals surface area (Å²) in [4.78, 5) is 25.2. The fraction of sp³-hybridized carbons (Fsp3) is 0.524. The van der Waals surface area contributed by atoms with E-state index in [2.05, 4.69) is 38.2 Å². The lowest BCUT2D eigenvalue weighted by Gasteiger charge is -2.40. The second kappa shape index (κ2) is 8.42. The summed E-state index contributed by atoms with van der Waals surface area (Å²) in [6.45, 7) is 1.86. The monoisotopic (exact) mass is 467 g/mol. The Labute approximate surface area is 188 Å². The lowest BCUT2D eigenvalue weighted by molar-refractivity contribution is -0.152. The van der Waals surface area contributed by atoms with E-state index in [9.17, 15) is 23.1 Å². The normalized spacial score (nSPS) is 27.6. The molecule has 0 aromatic carbocycles. The fourth-order valence-electron chi connectivity index (χ4n) is 4.77. The van der Waals surface area contributed by atoms with E-state index >= 15 is 0 Å². The zero-order chi connectivity index (χ0) is 23.1. The number of aliphatic imine (C=N–C) groups is 1. The molecule has 3 heterocycles. The third-order valence-electron chi connectivity index (χ3n) is 6.66. The van der Waals surface area contributed by atoms with Gasteiger partial charge in [-0.25, -0.2) is 15.0 Å². The lowest BCUT2D eigenvalue weighted by atomic mass is 9.68. The molecule has 0 saturated heterocycles. The number of hydrogen-bond acceptors (Lipinski definition) is 7. The Morgan fingerprint density at radius 3 is 2.88 bits per heavy atom. The van der Waals surface area contributed by atoms with Gasteiger partial charge in [0.25, 0.3) is 0 Å². The number of aliphatic carboxylic acids is 1. The molecule has 3 N–H and O–H groups in total. The average Bonchev–Trinajstić information content (AvgIpc) is 3.18. The molecular weight excluding hydrogens is 443 g/mol. The molecule has 1 aromatic heterocycles. The minimum Gasteiger partial charge on any atom is -0.481 e. The predicted octanol–water partition coefficient (Wildman–Crippen LogP) is 4.41. The summed E-state index contributed by atoms with van der Waals surface area (Å²) in [5.74, 6) is -0.802. The molecule has 172 valence electrons. The Hall–Kier alpha value is -2.56. The van der Waals surface area contributed by atoms with Crippen molar-refractivity contribution in [2.45, 2.75) is 62.6 Å². The highest BCUT2D eigenvalue weighted by atomic mass is 32.1. The summed E-state index contributed by atoms with van der Waals surface area (Å²) in [5.41, 5.74) is -0.682. The van der Waals surface area contributed by atoms with Crippen LogP contribution in [-0.4, -0.2) is 39.1 Å². The number of nitrogens with zero attached hydrogens (tertiary/aromatic N) is 3. The van der Waals surface area contributed by atoms with Crippen molar-refractivity contribution in [2.24, 2.45) is 16.3 Å². The number of amidine groups is 1. The summed E-state index contributed by atoms with van der Waals surface area (Å²) in [6.07, 6.45) is 2.67. The molecule has 2 aliphatic heterocycles. The third-order valence-corrected chi connectivity index (χ3v) is 6.99. The van der Waals surface area contributed by atoms with E-state index in [1.807, 2.05) is 6.92 Å². The van der Waals surface area contributed by atoms with E-state index in [-0.39, 0.29) is 18.4 Å². The van der Waals surface area contributed by atoms with Gasteiger partial charge in [0, 0.05) is 41.0 Å². The number of carboxylic acids is 1. The van der Waals surface area contributed by atoms with E-state index in [0.717, 1.165) is 19.0 Å². The largest absolute Gasteiger partial charge is 0.481 e. The van der Waals surface area contributed by atoms with Crippen LogP contribution in [0.3, 0.4) is 0 Å². The van der Waals surface area contributed by atoms with Crippen molar-refractivity contribution >= 4 is 36.0 Å². The van der Waals surface area contributed by atoms with E-state index in [1.54, 1.807) is 6.20 Å². The minimum absolute atomic E-state index is 0.234. The molecule has 4 rings (SSSR count). The maximum absolute atomic E-state index is 13.2. The molecule has 3 atom stereocenters. The topological polar surface area (TPSA) is 99.5 Å². The molecular formula is C21H24F3N5O2S. The summed E-state index contributed by atoms with van der Waals surface area (Å²) in [7, 11) is 0.